The van der Waals surface area contributed by atoms with Crippen LogP contribution in [-0.2, 0) is 0 Å². The van der Waals surface area contributed by atoms with Gasteiger partial charge in [-0.05, 0) is 50.2 Å². The lowest BCUT2D eigenvalue weighted by atomic mass is 9.69. The molecule has 2 nitrogen and oxygen atoms in total. The van der Waals surface area contributed by atoms with Gasteiger partial charge in [-0.1, -0.05) is 25.7 Å². The molecule has 2 aliphatic rings. The van der Waals surface area contributed by atoms with Crippen molar-refractivity contribution in [3.8, 4) is 5.75 Å². The van der Waals surface area contributed by atoms with Crippen LogP contribution in [0.1, 0.15) is 51.9 Å². The third-order valence-electron chi connectivity index (χ3n) is 5.14. The van der Waals surface area contributed by atoms with Gasteiger partial charge in [-0.3, -0.25) is 0 Å². The summed E-state index contributed by atoms with van der Waals surface area (Å²) in [5.74, 6) is 1.92. The maximum atomic E-state index is 13.9. The Balaban J connectivity index is 1.60. The molecular formula is C18H26FNO. The Morgan fingerprint density at radius 1 is 1.14 bits per heavy atom. The summed E-state index contributed by atoms with van der Waals surface area (Å²) in [6.45, 7) is 2.36. The number of hydrogen-bond donors (Lipinski definition) is 1. The van der Waals surface area contributed by atoms with Crippen molar-refractivity contribution in [2.75, 3.05) is 11.9 Å². The average Bonchev–Trinajstić information content (AvgIpc) is 2.50. The van der Waals surface area contributed by atoms with Crippen LogP contribution in [0.3, 0.4) is 0 Å². The molecule has 0 spiro atoms. The van der Waals surface area contributed by atoms with E-state index in [0.717, 1.165) is 17.5 Å². The summed E-state index contributed by atoms with van der Waals surface area (Å²) >= 11 is 0. The molecule has 0 amide bonds. The Kier molecular flexibility index (Phi) is 4.67. The van der Waals surface area contributed by atoms with Crippen LogP contribution in [-0.4, -0.2) is 12.6 Å². The van der Waals surface area contributed by atoms with Crippen molar-refractivity contribution in [1.29, 1.82) is 0 Å². The van der Waals surface area contributed by atoms with Crippen molar-refractivity contribution < 1.29 is 9.13 Å². The highest BCUT2D eigenvalue weighted by Gasteiger charge is 2.32. The molecule has 3 heteroatoms. The summed E-state index contributed by atoms with van der Waals surface area (Å²) in [6.07, 6.45) is 9.43. The lowest BCUT2D eigenvalue weighted by Crippen LogP contribution is -2.34. The van der Waals surface area contributed by atoms with Gasteiger partial charge in [0.05, 0.1) is 6.61 Å². The summed E-state index contributed by atoms with van der Waals surface area (Å²) in [5.41, 5.74) is 0.884. The van der Waals surface area contributed by atoms with Crippen LogP contribution in [0.5, 0.6) is 5.75 Å². The quantitative estimate of drug-likeness (QED) is 0.843. The van der Waals surface area contributed by atoms with Gasteiger partial charge in [-0.15, -0.1) is 0 Å². The van der Waals surface area contributed by atoms with Crippen molar-refractivity contribution in [2.24, 2.45) is 11.8 Å². The minimum absolute atomic E-state index is 0.270. The van der Waals surface area contributed by atoms with Gasteiger partial charge in [0, 0.05) is 17.8 Å². The van der Waals surface area contributed by atoms with Crippen LogP contribution in [0.25, 0.3) is 0 Å². The van der Waals surface area contributed by atoms with Crippen molar-refractivity contribution in [3.63, 3.8) is 0 Å². The standard InChI is InChI=1S/C18H26FNO/c1-2-21-18-10-9-16(12-17(18)19)20-15-8-7-13-5-3-4-6-14(13)11-15/h9-10,12-15,20H,2-8,11H2,1H3. The van der Waals surface area contributed by atoms with Crippen LogP contribution in [0.4, 0.5) is 10.1 Å². The number of rotatable bonds is 4. The second kappa shape index (κ2) is 6.67. The van der Waals surface area contributed by atoms with E-state index in [2.05, 4.69) is 5.32 Å². The first-order valence-electron chi connectivity index (χ1n) is 8.45. The molecule has 3 unspecified atom stereocenters. The second-order valence-corrected chi connectivity index (χ2v) is 6.54. The number of benzene rings is 1. The van der Waals surface area contributed by atoms with E-state index in [0.29, 0.717) is 18.4 Å². The van der Waals surface area contributed by atoms with Gasteiger partial charge < -0.3 is 10.1 Å². The minimum atomic E-state index is -0.270. The van der Waals surface area contributed by atoms with Crippen LogP contribution in [0.2, 0.25) is 0 Å². The molecule has 21 heavy (non-hydrogen) atoms. The normalized spacial score (nSPS) is 28.8. The zero-order chi connectivity index (χ0) is 14.7. The maximum Gasteiger partial charge on any atom is 0.167 e. The SMILES string of the molecule is CCOc1ccc(NC2CCC3CCCCC3C2)cc1F. The minimum Gasteiger partial charge on any atom is -0.491 e. The van der Waals surface area contributed by atoms with Crippen LogP contribution in [0.15, 0.2) is 18.2 Å². The zero-order valence-electron chi connectivity index (χ0n) is 12.9. The smallest absolute Gasteiger partial charge is 0.167 e. The molecule has 0 heterocycles. The molecule has 2 saturated carbocycles. The van der Waals surface area contributed by atoms with Crippen LogP contribution < -0.4 is 10.1 Å². The number of halogens is 1. The number of ether oxygens (including phenoxy) is 1. The Morgan fingerprint density at radius 3 is 2.71 bits per heavy atom. The Labute approximate surface area is 127 Å². The van der Waals surface area contributed by atoms with E-state index in [-0.39, 0.29) is 5.82 Å². The monoisotopic (exact) mass is 291 g/mol. The fraction of sp³-hybridized carbons (Fsp3) is 0.667. The van der Waals surface area contributed by atoms with Crippen LogP contribution >= 0.6 is 0 Å². The summed E-state index contributed by atoms with van der Waals surface area (Å²) < 4.78 is 19.1. The second-order valence-electron chi connectivity index (χ2n) is 6.54. The molecule has 0 radical (unpaired) electrons. The van der Waals surface area contributed by atoms with E-state index in [1.54, 1.807) is 12.1 Å². The molecule has 0 aliphatic heterocycles. The van der Waals surface area contributed by atoms with Crippen LogP contribution in [0, 0.1) is 17.7 Å². The van der Waals surface area contributed by atoms with Crippen molar-refractivity contribution in [1.82, 2.24) is 0 Å². The Bertz CT molecular complexity index is 476. The van der Waals surface area contributed by atoms with E-state index in [4.69, 9.17) is 4.74 Å². The molecule has 0 aromatic heterocycles. The fourth-order valence-electron chi connectivity index (χ4n) is 4.10. The highest BCUT2D eigenvalue weighted by atomic mass is 19.1. The number of fused-ring (bicyclic) bond motifs is 1. The molecular weight excluding hydrogens is 265 g/mol. The van der Waals surface area contributed by atoms with Crippen molar-refractivity contribution in [2.45, 2.75) is 57.9 Å². The summed E-state index contributed by atoms with van der Waals surface area (Å²) in [6, 6.07) is 5.73. The van der Waals surface area contributed by atoms with Gasteiger partial charge in [0.2, 0.25) is 0 Å². The van der Waals surface area contributed by atoms with E-state index < -0.39 is 0 Å². The van der Waals surface area contributed by atoms with Gasteiger partial charge in [-0.2, -0.15) is 0 Å². The van der Waals surface area contributed by atoms with Gasteiger partial charge in [0.25, 0.3) is 0 Å². The first-order valence-corrected chi connectivity index (χ1v) is 8.45. The highest BCUT2D eigenvalue weighted by Crippen LogP contribution is 2.41. The van der Waals surface area contributed by atoms with E-state index in [9.17, 15) is 4.39 Å². The fourth-order valence-corrected chi connectivity index (χ4v) is 4.10. The Hall–Kier alpha value is -1.25. The molecule has 0 bridgehead atoms. The molecule has 3 atom stereocenters. The molecule has 3 rings (SSSR count). The number of nitrogens with one attached hydrogen (secondary N) is 1. The van der Waals surface area contributed by atoms with Crippen molar-refractivity contribution in [3.05, 3.63) is 24.0 Å². The highest BCUT2D eigenvalue weighted by molar-refractivity contribution is 5.48. The average molecular weight is 291 g/mol. The molecule has 116 valence electrons. The molecule has 1 N–H and O–H groups in total. The number of anilines is 1. The topological polar surface area (TPSA) is 21.3 Å². The first-order chi connectivity index (χ1) is 10.3. The predicted octanol–water partition coefficient (Wildman–Crippen LogP) is 5.00. The predicted molar refractivity (Wildman–Crippen MR) is 84.3 cm³/mol. The summed E-state index contributed by atoms with van der Waals surface area (Å²) in [4.78, 5) is 0. The first kappa shape index (κ1) is 14.7. The third-order valence-corrected chi connectivity index (χ3v) is 5.14. The third kappa shape index (κ3) is 3.50. The largest absolute Gasteiger partial charge is 0.491 e. The van der Waals surface area contributed by atoms with Gasteiger partial charge in [0.15, 0.2) is 11.6 Å². The van der Waals surface area contributed by atoms with E-state index >= 15 is 0 Å². The molecule has 1 aromatic carbocycles. The summed E-state index contributed by atoms with van der Waals surface area (Å²) in [5, 5.41) is 3.53. The molecule has 2 aliphatic carbocycles. The van der Waals surface area contributed by atoms with E-state index in [1.165, 1.54) is 44.9 Å². The molecule has 2 fully saturated rings. The maximum absolute atomic E-state index is 13.9. The van der Waals surface area contributed by atoms with Gasteiger partial charge >= 0.3 is 0 Å². The van der Waals surface area contributed by atoms with Crippen molar-refractivity contribution >= 4 is 5.69 Å². The zero-order valence-corrected chi connectivity index (χ0v) is 12.9. The Morgan fingerprint density at radius 2 is 1.95 bits per heavy atom. The van der Waals surface area contributed by atoms with E-state index in [1.807, 2.05) is 13.0 Å². The molecule has 1 aromatic rings. The number of hydrogen-bond acceptors (Lipinski definition) is 2. The summed E-state index contributed by atoms with van der Waals surface area (Å²) in [7, 11) is 0. The van der Waals surface area contributed by atoms with Gasteiger partial charge in [-0.25, -0.2) is 4.39 Å². The van der Waals surface area contributed by atoms with Gasteiger partial charge in [0.1, 0.15) is 0 Å². The molecule has 0 saturated heterocycles. The lowest BCUT2D eigenvalue weighted by Gasteiger charge is -2.39. The lowest BCUT2D eigenvalue weighted by molar-refractivity contribution is 0.162.